The van der Waals surface area contributed by atoms with Gasteiger partial charge >= 0.3 is 0 Å². The van der Waals surface area contributed by atoms with Crippen LogP contribution < -0.4 is 10.6 Å². The second-order valence-corrected chi connectivity index (χ2v) is 5.42. The highest BCUT2D eigenvalue weighted by molar-refractivity contribution is 5.61. The van der Waals surface area contributed by atoms with Gasteiger partial charge in [0.25, 0.3) is 0 Å². The number of nitrogens with zero attached hydrogens (tertiary/aromatic N) is 4. The van der Waals surface area contributed by atoms with Gasteiger partial charge in [-0.2, -0.15) is 15.3 Å². The van der Waals surface area contributed by atoms with E-state index in [9.17, 15) is 0 Å². The Kier molecular flexibility index (Phi) is 4.34. The maximum atomic E-state index is 8.83. The number of anilines is 4. The highest BCUT2D eigenvalue weighted by atomic mass is 15.3. The molecule has 0 aliphatic heterocycles. The number of aryl methyl sites for hydroxylation is 2. The third-order valence-corrected chi connectivity index (χ3v) is 3.48. The molecule has 1 heterocycles. The van der Waals surface area contributed by atoms with E-state index in [2.05, 4.69) is 38.0 Å². The van der Waals surface area contributed by atoms with E-state index < -0.39 is 0 Å². The predicted octanol–water partition coefficient (Wildman–Crippen LogP) is 3.85. The molecule has 0 unspecified atom stereocenters. The summed E-state index contributed by atoms with van der Waals surface area (Å²) in [6, 6.07) is 15.4. The monoisotopic (exact) mass is 316 g/mol. The first-order valence-electron chi connectivity index (χ1n) is 7.45. The van der Waals surface area contributed by atoms with Gasteiger partial charge in [0.1, 0.15) is 0 Å². The summed E-state index contributed by atoms with van der Waals surface area (Å²) in [6.07, 6.45) is 1.55. The van der Waals surface area contributed by atoms with Crippen LogP contribution in [-0.4, -0.2) is 15.2 Å². The molecule has 0 fully saturated rings. The van der Waals surface area contributed by atoms with Gasteiger partial charge in [-0.25, -0.2) is 0 Å². The third kappa shape index (κ3) is 3.65. The average molecular weight is 316 g/mol. The van der Waals surface area contributed by atoms with Crippen LogP contribution in [0.3, 0.4) is 0 Å². The molecule has 2 N–H and O–H groups in total. The van der Waals surface area contributed by atoms with E-state index in [-0.39, 0.29) is 0 Å². The Hall–Kier alpha value is -3.46. The van der Waals surface area contributed by atoms with Crippen molar-refractivity contribution >= 4 is 23.1 Å². The summed E-state index contributed by atoms with van der Waals surface area (Å²) in [6.45, 7) is 4.06. The van der Waals surface area contributed by atoms with Crippen molar-refractivity contribution in [1.82, 2.24) is 15.2 Å². The lowest BCUT2D eigenvalue weighted by Crippen LogP contribution is -2.03. The molecule has 6 nitrogen and oxygen atoms in total. The maximum Gasteiger partial charge on any atom is 0.249 e. The van der Waals surface area contributed by atoms with Crippen LogP contribution in [0, 0.1) is 25.2 Å². The van der Waals surface area contributed by atoms with Crippen LogP contribution in [0.2, 0.25) is 0 Å². The standard InChI is InChI=1S/C18H16N6/c1-12-3-4-13(2)16(9-12)22-18-23-17(11-20-24-18)21-15-7-5-14(10-19)6-8-15/h3-9,11H,1-2H3,(H2,21,22,23,24). The fourth-order valence-corrected chi connectivity index (χ4v) is 2.18. The van der Waals surface area contributed by atoms with Crippen molar-refractivity contribution in [2.45, 2.75) is 13.8 Å². The number of rotatable bonds is 4. The van der Waals surface area contributed by atoms with Crippen LogP contribution in [0.25, 0.3) is 0 Å². The Labute approximate surface area is 140 Å². The number of nitrogens with one attached hydrogen (secondary N) is 2. The summed E-state index contributed by atoms with van der Waals surface area (Å²) in [5.74, 6) is 0.991. The second kappa shape index (κ2) is 6.75. The van der Waals surface area contributed by atoms with Crippen molar-refractivity contribution in [3.05, 3.63) is 65.4 Å². The zero-order valence-electron chi connectivity index (χ0n) is 13.4. The van der Waals surface area contributed by atoms with Crippen molar-refractivity contribution in [3.8, 4) is 6.07 Å². The predicted molar refractivity (Wildman–Crippen MR) is 93.5 cm³/mol. The van der Waals surface area contributed by atoms with Crippen LogP contribution in [0.15, 0.2) is 48.7 Å². The molecule has 6 heteroatoms. The SMILES string of the molecule is Cc1ccc(C)c(Nc2nncc(Nc3ccc(C#N)cc3)n2)c1. The number of aromatic nitrogens is 3. The third-order valence-electron chi connectivity index (χ3n) is 3.48. The van der Waals surface area contributed by atoms with E-state index in [1.54, 1.807) is 18.3 Å². The number of benzene rings is 2. The highest BCUT2D eigenvalue weighted by Crippen LogP contribution is 2.21. The quantitative estimate of drug-likeness (QED) is 0.760. The smallest absolute Gasteiger partial charge is 0.249 e. The molecule has 0 saturated heterocycles. The molecule has 2 aromatic carbocycles. The molecule has 3 aromatic rings. The van der Waals surface area contributed by atoms with Gasteiger partial charge in [0, 0.05) is 11.4 Å². The van der Waals surface area contributed by atoms with Crippen LogP contribution in [0.1, 0.15) is 16.7 Å². The second-order valence-electron chi connectivity index (χ2n) is 5.42. The van der Waals surface area contributed by atoms with Crippen molar-refractivity contribution in [1.29, 1.82) is 5.26 Å². The summed E-state index contributed by atoms with van der Waals surface area (Å²) in [5.41, 5.74) is 4.65. The number of nitriles is 1. The molecule has 0 amide bonds. The first-order valence-corrected chi connectivity index (χ1v) is 7.45. The van der Waals surface area contributed by atoms with Crippen molar-refractivity contribution in [2.75, 3.05) is 10.6 Å². The summed E-state index contributed by atoms with van der Waals surface area (Å²) in [7, 11) is 0. The van der Waals surface area contributed by atoms with E-state index in [1.807, 2.05) is 38.1 Å². The normalized spacial score (nSPS) is 10.0. The van der Waals surface area contributed by atoms with E-state index >= 15 is 0 Å². The first-order chi connectivity index (χ1) is 11.6. The number of hydrogen-bond donors (Lipinski definition) is 2. The van der Waals surface area contributed by atoms with Gasteiger partial charge in [0.2, 0.25) is 5.95 Å². The van der Waals surface area contributed by atoms with Gasteiger partial charge in [0.15, 0.2) is 5.82 Å². The molecule has 1 aromatic heterocycles. The lowest BCUT2D eigenvalue weighted by molar-refractivity contribution is 0.981. The van der Waals surface area contributed by atoms with Gasteiger partial charge in [0.05, 0.1) is 17.8 Å². The minimum atomic E-state index is 0.419. The van der Waals surface area contributed by atoms with Crippen LogP contribution >= 0.6 is 0 Å². The Morgan fingerprint density at radius 1 is 1.00 bits per heavy atom. The van der Waals surface area contributed by atoms with Crippen molar-refractivity contribution in [3.63, 3.8) is 0 Å². The fraction of sp³-hybridized carbons (Fsp3) is 0.111. The molecule has 0 radical (unpaired) electrons. The Morgan fingerprint density at radius 3 is 2.54 bits per heavy atom. The summed E-state index contributed by atoms with van der Waals surface area (Å²) < 4.78 is 0. The molecular formula is C18H16N6. The van der Waals surface area contributed by atoms with E-state index in [4.69, 9.17) is 5.26 Å². The molecule has 118 valence electrons. The Bertz CT molecular complexity index is 896. The van der Waals surface area contributed by atoms with E-state index in [0.717, 1.165) is 22.5 Å². The van der Waals surface area contributed by atoms with Crippen molar-refractivity contribution < 1.29 is 0 Å². The van der Waals surface area contributed by atoms with Crippen LogP contribution in [0.5, 0.6) is 0 Å². The van der Waals surface area contributed by atoms with Gasteiger partial charge in [-0.3, -0.25) is 0 Å². The number of hydrogen-bond acceptors (Lipinski definition) is 6. The summed E-state index contributed by atoms with van der Waals surface area (Å²) >= 11 is 0. The summed E-state index contributed by atoms with van der Waals surface area (Å²) in [4.78, 5) is 4.42. The summed E-state index contributed by atoms with van der Waals surface area (Å²) in [5, 5.41) is 23.2. The first kappa shape index (κ1) is 15.4. The zero-order valence-corrected chi connectivity index (χ0v) is 13.4. The molecule has 0 atom stereocenters. The van der Waals surface area contributed by atoms with Crippen LogP contribution in [0.4, 0.5) is 23.1 Å². The van der Waals surface area contributed by atoms with E-state index in [1.165, 1.54) is 0 Å². The molecule has 0 saturated carbocycles. The Morgan fingerprint density at radius 2 is 1.79 bits per heavy atom. The van der Waals surface area contributed by atoms with Gasteiger partial charge in [-0.05, 0) is 55.3 Å². The minimum absolute atomic E-state index is 0.419. The highest BCUT2D eigenvalue weighted by Gasteiger charge is 2.04. The maximum absolute atomic E-state index is 8.83. The lowest BCUT2D eigenvalue weighted by atomic mass is 10.1. The minimum Gasteiger partial charge on any atom is -0.339 e. The van der Waals surface area contributed by atoms with Gasteiger partial charge in [-0.15, -0.1) is 5.10 Å². The molecule has 24 heavy (non-hydrogen) atoms. The fourth-order valence-electron chi connectivity index (χ4n) is 2.18. The van der Waals surface area contributed by atoms with Gasteiger partial charge in [-0.1, -0.05) is 12.1 Å². The zero-order chi connectivity index (χ0) is 16.9. The largest absolute Gasteiger partial charge is 0.339 e. The topological polar surface area (TPSA) is 86.5 Å². The van der Waals surface area contributed by atoms with E-state index in [0.29, 0.717) is 17.3 Å². The Balaban J connectivity index is 1.78. The molecule has 0 aliphatic carbocycles. The molecule has 0 spiro atoms. The lowest BCUT2D eigenvalue weighted by Gasteiger charge is -2.10. The molecule has 3 rings (SSSR count). The van der Waals surface area contributed by atoms with Crippen molar-refractivity contribution in [2.24, 2.45) is 0 Å². The molecule has 0 aliphatic rings. The average Bonchev–Trinajstić information content (AvgIpc) is 2.59. The van der Waals surface area contributed by atoms with Crippen LogP contribution in [-0.2, 0) is 0 Å². The van der Waals surface area contributed by atoms with Gasteiger partial charge < -0.3 is 10.6 Å². The molecular weight excluding hydrogens is 300 g/mol. The molecule has 0 bridgehead atoms.